The molecular formula is C8H16N2. The Morgan fingerprint density at radius 2 is 2.00 bits per heavy atom. The number of hydrogen-bond acceptors (Lipinski definition) is 2. The summed E-state index contributed by atoms with van der Waals surface area (Å²) in [7, 11) is 1.75. The second-order valence-corrected chi connectivity index (χ2v) is 2.68. The first-order valence-corrected chi connectivity index (χ1v) is 3.48. The molecule has 0 atom stereocenters. The molecule has 0 radical (unpaired) electrons. The highest BCUT2D eigenvalue weighted by molar-refractivity contribution is 5.78. The fraction of sp³-hybridized carbons (Fsp3) is 0.625. The van der Waals surface area contributed by atoms with Crippen LogP contribution >= 0.6 is 0 Å². The maximum absolute atomic E-state index is 5.73. The molecule has 0 aliphatic carbocycles. The summed E-state index contributed by atoms with van der Waals surface area (Å²) in [5.74, 6) is 0.415. The van der Waals surface area contributed by atoms with Crippen molar-refractivity contribution in [2.24, 2.45) is 16.6 Å². The third-order valence-corrected chi connectivity index (χ3v) is 1.40. The molecule has 0 aliphatic heterocycles. The summed E-state index contributed by atoms with van der Waals surface area (Å²) in [6.45, 7) is 6.12. The summed E-state index contributed by atoms with van der Waals surface area (Å²) in [5, 5.41) is 0. The van der Waals surface area contributed by atoms with Gasteiger partial charge in [-0.2, -0.15) is 0 Å². The van der Waals surface area contributed by atoms with Crippen molar-refractivity contribution in [3.8, 4) is 0 Å². The van der Waals surface area contributed by atoms with Gasteiger partial charge >= 0.3 is 0 Å². The van der Waals surface area contributed by atoms with Crippen LogP contribution in [0.3, 0.4) is 0 Å². The molecule has 0 bridgehead atoms. The first kappa shape index (κ1) is 9.21. The van der Waals surface area contributed by atoms with E-state index < -0.39 is 0 Å². The van der Waals surface area contributed by atoms with Crippen molar-refractivity contribution < 1.29 is 0 Å². The average molecular weight is 140 g/mol. The Kier molecular flexibility index (Phi) is 3.77. The zero-order chi connectivity index (χ0) is 8.15. The largest absolute Gasteiger partial charge is 0.402 e. The van der Waals surface area contributed by atoms with Crippen LogP contribution in [0.2, 0.25) is 0 Å². The van der Waals surface area contributed by atoms with Gasteiger partial charge in [0.2, 0.25) is 0 Å². The van der Waals surface area contributed by atoms with E-state index in [4.69, 9.17) is 5.73 Å². The van der Waals surface area contributed by atoms with E-state index in [0.29, 0.717) is 5.92 Å². The molecule has 58 valence electrons. The van der Waals surface area contributed by atoms with Crippen LogP contribution in [-0.4, -0.2) is 13.3 Å². The van der Waals surface area contributed by atoms with Crippen LogP contribution < -0.4 is 5.73 Å². The topological polar surface area (TPSA) is 38.4 Å². The van der Waals surface area contributed by atoms with Gasteiger partial charge in [-0.1, -0.05) is 13.8 Å². The SMILES string of the molecule is CN=CC(C)=C(N)C(C)C. The second-order valence-electron chi connectivity index (χ2n) is 2.68. The van der Waals surface area contributed by atoms with E-state index in [0.717, 1.165) is 11.3 Å². The lowest BCUT2D eigenvalue weighted by Crippen LogP contribution is -2.08. The van der Waals surface area contributed by atoms with Crippen LogP contribution in [0.1, 0.15) is 20.8 Å². The number of nitrogens with two attached hydrogens (primary N) is 1. The first-order valence-electron chi connectivity index (χ1n) is 3.48. The smallest absolute Gasteiger partial charge is 0.0277 e. The molecule has 0 aliphatic rings. The van der Waals surface area contributed by atoms with Gasteiger partial charge in [0.05, 0.1) is 0 Å². The first-order chi connectivity index (χ1) is 4.59. The van der Waals surface area contributed by atoms with E-state index in [-0.39, 0.29) is 0 Å². The molecule has 0 saturated heterocycles. The molecule has 0 fully saturated rings. The Morgan fingerprint density at radius 1 is 1.50 bits per heavy atom. The second kappa shape index (κ2) is 4.09. The molecule has 0 aromatic heterocycles. The van der Waals surface area contributed by atoms with Crippen LogP contribution in [0.15, 0.2) is 16.3 Å². The highest BCUT2D eigenvalue weighted by Crippen LogP contribution is 2.06. The van der Waals surface area contributed by atoms with Gasteiger partial charge in [0.1, 0.15) is 0 Å². The average Bonchev–Trinajstić information content (AvgIpc) is 1.87. The van der Waals surface area contributed by atoms with E-state index in [1.165, 1.54) is 0 Å². The van der Waals surface area contributed by atoms with Crippen molar-refractivity contribution in [1.29, 1.82) is 0 Å². The van der Waals surface area contributed by atoms with Crippen molar-refractivity contribution in [3.05, 3.63) is 11.3 Å². The third kappa shape index (κ3) is 2.67. The van der Waals surface area contributed by atoms with Crippen molar-refractivity contribution in [2.75, 3.05) is 7.05 Å². The minimum Gasteiger partial charge on any atom is -0.402 e. The molecule has 0 aromatic rings. The predicted octanol–water partition coefficient (Wildman–Crippen LogP) is 1.58. The molecule has 10 heavy (non-hydrogen) atoms. The van der Waals surface area contributed by atoms with E-state index in [1.54, 1.807) is 13.3 Å². The zero-order valence-electron chi connectivity index (χ0n) is 7.18. The summed E-state index contributed by atoms with van der Waals surface area (Å²) in [5.41, 5.74) is 7.72. The Bertz CT molecular complexity index is 155. The van der Waals surface area contributed by atoms with Crippen LogP contribution in [0.25, 0.3) is 0 Å². The Balaban J connectivity index is 4.34. The van der Waals surface area contributed by atoms with E-state index >= 15 is 0 Å². The molecular weight excluding hydrogens is 124 g/mol. The van der Waals surface area contributed by atoms with Crippen LogP contribution in [-0.2, 0) is 0 Å². The number of hydrogen-bond donors (Lipinski definition) is 1. The molecule has 0 rings (SSSR count). The lowest BCUT2D eigenvalue weighted by Gasteiger charge is -2.06. The van der Waals surface area contributed by atoms with Gasteiger partial charge in [-0.05, 0) is 18.4 Å². The zero-order valence-corrected chi connectivity index (χ0v) is 7.18. The van der Waals surface area contributed by atoms with Crippen LogP contribution in [0.4, 0.5) is 0 Å². The molecule has 0 unspecified atom stereocenters. The van der Waals surface area contributed by atoms with E-state index in [2.05, 4.69) is 18.8 Å². The van der Waals surface area contributed by atoms with Crippen molar-refractivity contribution in [2.45, 2.75) is 20.8 Å². The minimum atomic E-state index is 0.415. The fourth-order valence-electron chi connectivity index (χ4n) is 0.724. The highest BCUT2D eigenvalue weighted by Gasteiger charge is 1.99. The van der Waals surface area contributed by atoms with Gasteiger partial charge in [-0.25, -0.2) is 0 Å². The minimum absolute atomic E-state index is 0.415. The number of rotatable bonds is 2. The van der Waals surface area contributed by atoms with Gasteiger partial charge in [0.15, 0.2) is 0 Å². The van der Waals surface area contributed by atoms with E-state index in [1.807, 2.05) is 6.92 Å². The van der Waals surface area contributed by atoms with Crippen molar-refractivity contribution in [1.82, 2.24) is 0 Å². The molecule has 2 nitrogen and oxygen atoms in total. The lowest BCUT2D eigenvalue weighted by molar-refractivity contribution is 0.751. The van der Waals surface area contributed by atoms with Crippen molar-refractivity contribution >= 4 is 6.21 Å². The van der Waals surface area contributed by atoms with Gasteiger partial charge in [0, 0.05) is 19.0 Å². The van der Waals surface area contributed by atoms with Crippen LogP contribution in [0.5, 0.6) is 0 Å². The van der Waals surface area contributed by atoms with Gasteiger partial charge < -0.3 is 5.73 Å². The van der Waals surface area contributed by atoms with E-state index in [9.17, 15) is 0 Å². The predicted molar refractivity (Wildman–Crippen MR) is 46.1 cm³/mol. The monoisotopic (exact) mass is 140 g/mol. The summed E-state index contributed by atoms with van der Waals surface area (Å²) in [6.07, 6.45) is 1.79. The highest BCUT2D eigenvalue weighted by atomic mass is 14.7. The summed E-state index contributed by atoms with van der Waals surface area (Å²) in [6, 6.07) is 0. The molecule has 2 N–H and O–H groups in total. The Hall–Kier alpha value is -0.790. The quantitative estimate of drug-likeness (QED) is 0.581. The van der Waals surface area contributed by atoms with Gasteiger partial charge in [0.25, 0.3) is 0 Å². The van der Waals surface area contributed by atoms with Gasteiger partial charge in [-0.15, -0.1) is 0 Å². The summed E-state index contributed by atoms with van der Waals surface area (Å²) in [4.78, 5) is 3.88. The molecule has 0 amide bonds. The summed E-state index contributed by atoms with van der Waals surface area (Å²) < 4.78 is 0. The third-order valence-electron chi connectivity index (χ3n) is 1.40. The maximum Gasteiger partial charge on any atom is 0.0277 e. The number of aliphatic imine (C=N–C) groups is 1. The Morgan fingerprint density at radius 3 is 2.30 bits per heavy atom. The van der Waals surface area contributed by atoms with Crippen LogP contribution in [0, 0.1) is 5.92 Å². The molecule has 0 aromatic carbocycles. The molecule has 0 saturated carbocycles. The molecule has 0 heterocycles. The lowest BCUT2D eigenvalue weighted by atomic mass is 10.1. The normalized spacial score (nSPS) is 14.5. The fourth-order valence-corrected chi connectivity index (χ4v) is 0.724. The number of allylic oxidation sites excluding steroid dienone is 2. The Labute approximate surface area is 62.8 Å². The maximum atomic E-state index is 5.73. The summed E-state index contributed by atoms with van der Waals surface area (Å²) >= 11 is 0. The standard InChI is InChI=1S/C8H16N2/c1-6(2)8(9)7(3)5-10-4/h5-6H,9H2,1-4H3. The van der Waals surface area contributed by atoms with Crippen molar-refractivity contribution in [3.63, 3.8) is 0 Å². The molecule has 0 spiro atoms. The van der Waals surface area contributed by atoms with Gasteiger partial charge in [-0.3, -0.25) is 4.99 Å². The molecule has 2 heteroatoms. The number of nitrogens with zero attached hydrogens (tertiary/aromatic N) is 1.